The van der Waals surface area contributed by atoms with E-state index in [2.05, 4.69) is 39.1 Å². The number of hydrogen-bond donors (Lipinski definition) is 3. The standard InChI is InChI=1S/C12H18N6/c1-12(2)4-3-7(5-12)16-10-8-9(15-6-14-8)17-11(13)18-10/h6-7H,3-5H2,1-2H3,(H4,13,14,15,16,17,18). The van der Waals surface area contributed by atoms with Gasteiger partial charge in [-0.05, 0) is 24.7 Å². The maximum atomic E-state index is 5.70. The van der Waals surface area contributed by atoms with Crippen LogP contribution in [0.1, 0.15) is 33.1 Å². The van der Waals surface area contributed by atoms with Crippen molar-refractivity contribution in [2.75, 3.05) is 11.1 Å². The van der Waals surface area contributed by atoms with Gasteiger partial charge in [0.2, 0.25) is 5.95 Å². The molecule has 0 amide bonds. The summed E-state index contributed by atoms with van der Waals surface area (Å²) in [6.45, 7) is 4.60. The molecule has 1 atom stereocenters. The predicted molar refractivity (Wildman–Crippen MR) is 71.1 cm³/mol. The van der Waals surface area contributed by atoms with Crippen LogP contribution in [0.25, 0.3) is 11.2 Å². The van der Waals surface area contributed by atoms with E-state index in [0.717, 1.165) is 24.2 Å². The molecule has 2 aromatic heterocycles. The lowest BCUT2D eigenvalue weighted by molar-refractivity contribution is 0.378. The fraction of sp³-hybridized carbons (Fsp3) is 0.583. The number of nitrogens with zero attached hydrogens (tertiary/aromatic N) is 3. The summed E-state index contributed by atoms with van der Waals surface area (Å²) >= 11 is 0. The van der Waals surface area contributed by atoms with Crippen LogP contribution in [0.2, 0.25) is 0 Å². The van der Waals surface area contributed by atoms with Gasteiger partial charge in [0.25, 0.3) is 0 Å². The summed E-state index contributed by atoms with van der Waals surface area (Å²) in [6.07, 6.45) is 5.15. The fourth-order valence-electron chi connectivity index (χ4n) is 2.71. The van der Waals surface area contributed by atoms with Crippen molar-refractivity contribution in [1.29, 1.82) is 0 Å². The molecule has 0 aliphatic heterocycles. The quantitative estimate of drug-likeness (QED) is 0.753. The van der Waals surface area contributed by atoms with Crippen LogP contribution in [-0.4, -0.2) is 26.0 Å². The van der Waals surface area contributed by atoms with E-state index < -0.39 is 0 Å². The molecule has 0 bridgehead atoms. The Morgan fingerprint density at radius 3 is 3.00 bits per heavy atom. The maximum absolute atomic E-state index is 5.70. The summed E-state index contributed by atoms with van der Waals surface area (Å²) in [5, 5.41) is 3.46. The highest BCUT2D eigenvalue weighted by molar-refractivity contribution is 5.83. The molecule has 2 aromatic rings. The SMILES string of the molecule is CC1(C)CCC(Nc2nc(N)nc3nc[nH]c23)C1. The van der Waals surface area contributed by atoms with E-state index in [1.54, 1.807) is 6.33 Å². The van der Waals surface area contributed by atoms with Gasteiger partial charge in [0, 0.05) is 6.04 Å². The van der Waals surface area contributed by atoms with Crippen molar-refractivity contribution in [3.05, 3.63) is 6.33 Å². The number of hydrogen-bond acceptors (Lipinski definition) is 5. The number of rotatable bonds is 2. The minimum Gasteiger partial charge on any atom is -0.368 e. The third-order valence-electron chi connectivity index (χ3n) is 3.61. The van der Waals surface area contributed by atoms with Crippen molar-refractivity contribution in [2.45, 2.75) is 39.2 Å². The number of nitrogen functional groups attached to an aromatic ring is 1. The molecule has 0 radical (unpaired) electrons. The molecule has 0 aromatic carbocycles. The number of aromatic nitrogens is 4. The van der Waals surface area contributed by atoms with Crippen LogP contribution in [0, 0.1) is 5.41 Å². The number of nitrogens with one attached hydrogen (secondary N) is 2. The fourth-order valence-corrected chi connectivity index (χ4v) is 2.71. The lowest BCUT2D eigenvalue weighted by atomic mass is 9.92. The zero-order valence-electron chi connectivity index (χ0n) is 10.7. The van der Waals surface area contributed by atoms with Crippen LogP contribution in [0.4, 0.5) is 11.8 Å². The first-order valence-electron chi connectivity index (χ1n) is 6.27. The third kappa shape index (κ3) is 1.98. The van der Waals surface area contributed by atoms with Crippen LogP contribution < -0.4 is 11.1 Å². The van der Waals surface area contributed by atoms with E-state index in [1.807, 2.05) is 0 Å². The van der Waals surface area contributed by atoms with E-state index in [1.165, 1.54) is 6.42 Å². The van der Waals surface area contributed by atoms with Crippen molar-refractivity contribution in [3.8, 4) is 0 Å². The number of H-pyrrole nitrogens is 1. The molecule has 1 unspecified atom stereocenters. The zero-order chi connectivity index (χ0) is 12.8. The molecule has 4 N–H and O–H groups in total. The predicted octanol–water partition coefficient (Wildman–Crippen LogP) is 1.93. The molecule has 18 heavy (non-hydrogen) atoms. The van der Waals surface area contributed by atoms with Crippen LogP contribution in [0.15, 0.2) is 6.33 Å². The number of aromatic amines is 1. The highest BCUT2D eigenvalue weighted by Gasteiger charge is 2.31. The van der Waals surface area contributed by atoms with E-state index >= 15 is 0 Å². The largest absolute Gasteiger partial charge is 0.368 e. The zero-order valence-corrected chi connectivity index (χ0v) is 10.7. The van der Waals surface area contributed by atoms with Crippen molar-refractivity contribution in [2.24, 2.45) is 5.41 Å². The van der Waals surface area contributed by atoms with Gasteiger partial charge in [-0.25, -0.2) is 4.98 Å². The van der Waals surface area contributed by atoms with Gasteiger partial charge >= 0.3 is 0 Å². The first kappa shape index (κ1) is 11.3. The molecular weight excluding hydrogens is 228 g/mol. The minimum atomic E-state index is 0.259. The normalized spacial score (nSPS) is 22.4. The van der Waals surface area contributed by atoms with E-state index in [4.69, 9.17) is 5.73 Å². The Kier molecular flexibility index (Phi) is 2.39. The molecule has 1 fully saturated rings. The molecule has 0 spiro atoms. The lowest BCUT2D eigenvalue weighted by Crippen LogP contribution is -2.19. The number of imidazole rings is 1. The first-order chi connectivity index (χ1) is 8.53. The summed E-state index contributed by atoms with van der Waals surface area (Å²) in [5.41, 5.74) is 7.54. The van der Waals surface area contributed by atoms with Crippen LogP contribution in [0.3, 0.4) is 0 Å². The van der Waals surface area contributed by atoms with E-state index in [0.29, 0.717) is 17.1 Å². The second kappa shape index (κ2) is 3.83. The van der Waals surface area contributed by atoms with Gasteiger partial charge in [-0.2, -0.15) is 9.97 Å². The van der Waals surface area contributed by atoms with Crippen molar-refractivity contribution >= 4 is 22.9 Å². The summed E-state index contributed by atoms with van der Waals surface area (Å²) in [5.74, 6) is 1.02. The van der Waals surface area contributed by atoms with Gasteiger partial charge in [-0.1, -0.05) is 13.8 Å². The second-order valence-electron chi connectivity index (χ2n) is 5.78. The van der Waals surface area contributed by atoms with E-state index in [-0.39, 0.29) is 5.95 Å². The molecule has 0 saturated heterocycles. The first-order valence-corrected chi connectivity index (χ1v) is 6.27. The summed E-state index contributed by atoms with van der Waals surface area (Å²) in [6, 6.07) is 0.445. The Bertz CT molecular complexity index is 573. The molecule has 2 heterocycles. The topological polar surface area (TPSA) is 92.5 Å². The van der Waals surface area contributed by atoms with Gasteiger partial charge in [0.1, 0.15) is 5.52 Å². The van der Waals surface area contributed by atoms with Gasteiger partial charge in [-0.3, -0.25) is 0 Å². The molecule has 6 nitrogen and oxygen atoms in total. The number of fused-ring (bicyclic) bond motifs is 1. The molecule has 6 heteroatoms. The summed E-state index contributed by atoms with van der Waals surface area (Å²) < 4.78 is 0. The maximum Gasteiger partial charge on any atom is 0.224 e. The van der Waals surface area contributed by atoms with Gasteiger partial charge in [0.15, 0.2) is 11.5 Å². The molecule has 3 rings (SSSR count). The van der Waals surface area contributed by atoms with Gasteiger partial charge in [0.05, 0.1) is 6.33 Å². The Morgan fingerprint density at radius 1 is 1.44 bits per heavy atom. The van der Waals surface area contributed by atoms with Crippen molar-refractivity contribution < 1.29 is 0 Å². The second-order valence-corrected chi connectivity index (χ2v) is 5.78. The van der Waals surface area contributed by atoms with Crippen LogP contribution in [0.5, 0.6) is 0 Å². The summed E-state index contributed by atoms with van der Waals surface area (Å²) in [4.78, 5) is 15.5. The van der Waals surface area contributed by atoms with Crippen molar-refractivity contribution in [3.63, 3.8) is 0 Å². The third-order valence-corrected chi connectivity index (χ3v) is 3.61. The average molecular weight is 246 g/mol. The van der Waals surface area contributed by atoms with Gasteiger partial charge in [-0.15, -0.1) is 0 Å². The van der Waals surface area contributed by atoms with Crippen molar-refractivity contribution in [1.82, 2.24) is 19.9 Å². The minimum absolute atomic E-state index is 0.259. The molecular formula is C12H18N6. The summed E-state index contributed by atoms with van der Waals surface area (Å²) in [7, 11) is 0. The van der Waals surface area contributed by atoms with E-state index in [9.17, 15) is 0 Å². The lowest BCUT2D eigenvalue weighted by Gasteiger charge is -2.18. The smallest absolute Gasteiger partial charge is 0.224 e. The average Bonchev–Trinajstić information content (AvgIpc) is 2.84. The molecule has 1 aliphatic rings. The molecule has 1 aliphatic carbocycles. The Hall–Kier alpha value is -1.85. The highest BCUT2D eigenvalue weighted by atomic mass is 15.1. The number of nitrogens with two attached hydrogens (primary N) is 1. The van der Waals surface area contributed by atoms with Crippen LogP contribution >= 0.6 is 0 Å². The Morgan fingerprint density at radius 2 is 2.28 bits per heavy atom. The Labute approximate surface area is 105 Å². The number of anilines is 2. The van der Waals surface area contributed by atoms with Gasteiger partial charge < -0.3 is 16.0 Å². The van der Waals surface area contributed by atoms with Crippen LogP contribution in [-0.2, 0) is 0 Å². The highest BCUT2D eigenvalue weighted by Crippen LogP contribution is 2.38. The molecule has 96 valence electrons. The Balaban J connectivity index is 1.88. The molecule has 1 saturated carbocycles. The monoisotopic (exact) mass is 246 g/mol.